The van der Waals surface area contributed by atoms with Crippen LogP contribution in [0.25, 0.3) is 0 Å². The molecule has 0 radical (unpaired) electrons. The van der Waals surface area contributed by atoms with E-state index in [0.717, 1.165) is 24.8 Å². The predicted octanol–water partition coefficient (Wildman–Crippen LogP) is 3.68. The van der Waals surface area contributed by atoms with Gasteiger partial charge in [0.05, 0.1) is 11.6 Å². The number of anilines is 2. The van der Waals surface area contributed by atoms with Crippen molar-refractivity contribution in [2.75, 3.05) is 42.5 Å². The van der Waals surface area contributed by atoms with Crippen LogP contribution in [0.2, 0.25) is 0 Å². The van der Waals surface area contributed by atoms with E-state index in [1.54, 1.807) is 23.1 Å². The number of nitrogens with zero attached hydrogens (tertiary/aromatic N) is 5. The average molecular weight is 552 g/mol. The van der Waals surface area contributed by atoms with Gasteiger partial charge >= 0.3 is 6.18 Å². The first-order chi connectivity index (χ1) is 17.8. The summed E-state index contributed by atoms with van der Waals surface area (Å²) in [6.45, 7) is 2.65. The zero-order chi connectivity index (χ0) is 26.4. The highest BCUT2D eigenvalue weighted by Crippen LogP contribution is 2.34. The first-order valence-electron chi connectivity index (χ1n) is 12.7. The molecule has 3 N–H and O–H groups in total. The van der Waals surface area contributed by atoms with Crippen LogP contribution >= 0.6 is 12.4 Å². The monoisotopic (exact) mass is 551 g/mol. The first-order valence-corrected chi connectivity index (χ1v) is 12.7. The van der Waals surface area contributed by atoms with Crippen LogP contribution in [-0.2, 0) is 17.4 Å². The largest absolute Gasteiger partial charge is 0.451 e. The van der Waals surface area contributed by atoms with Gasteiger partial charge < -0.3 is 20.9 Å². The number of hydrogen-bond acceptors (Lipinski definition) is 7. The molecule has 2 saturated heterocycles. The smallest absolute Gasteiger partial charge is 0.356 e. The SMILES string of the molecule is Cl.N#Cc1ccc(CCNC(=O)[C@@H]2CCCN2c2cc(N3CCC(CCN)CC3)nc(C(F)(F)F)n2)cc1. The van der Waals surface area contributed by atoms with Crippen molar-refractivity contribution in [3.05, 3.63) is 47.3 Å². The molecule has 0 bridgehead atoms. The number of nitriles is 1. The number of carbonyl (C=O) groups is 1. The lowest BCUT2D eigenvalue weighted by atomic mass is 9.94. The fraction of sp³-hybridized carbons (Fsp3) is 0.538. The summed E-state index contributed by atoms with van der Waals surface area (Å²) in [6.07, 6.45) is -0.279. The number of rotatable bonds is 8. The molecule has 1 aromatic carbocycles. The zero-order valence-electron chi connectivity index (χ0n) is 21.1. The Labute approximate surface area is 226 Å². The van der Waals surface area contributed by atoms with Crippen molar-refractivity contribution in [1.29, 1.82) is 5.26 Å². The molecule has 0 aliphatic carbocycles. The molecule has 206 valence electrons. The van der Waals surface area contributed by atoms with E-state index in [9.17, 15) is 18.0 Å². The van der Waals surface area contributed by atoms with E-state index < -0.39 is 18.0 Å². The van der Waals surface area contributed by atoms with Crippen LogP contribution in [0.1, 0.15) is 49.1 Å². The van der Waals surface area contributed by atoms with Gasteiger partial charge in [0.25, 0.3) is 0 Å². The molecule has 2 fully saturated rings. The summed E-state index contributed by atoms with van der Waals surface area (Å²) in [6, 6.07) is 10.2. The molecule has 12 heteroatoms. The molecule has 2 aromatic rings. The second-order valence-corrected chi connectivity index (χ2v) is 9.61. The van der Waals surface area contributed by atoms with Crippen LogP contribution in [0.4, 0.5) is 24.8 Å². The molecule has 1 amide bonds. The summed E-state index contributed by atoms with van der Waals surface area (Å²) in [5.41, 5.74) is 7.21. The summed E-state index contributed by atoms with van der Waals surface area (Å²) in [5.74, 6) is -0.569. The summed E-state index contributed by atoms with van der Waals surface area (Å²) in [7, 11) is 0. The van der Waals surface area contributed by atoms with Gasteiger partial charge in [0, 0.05) is 32.2 Å². The highest BCUT2D eigenvalue weighted by atomic mass is 35.5. The maximum Gasteiger partial charge on any atom is 0.451 e. The molecule has 0 unspecified atom stereocenters. The van der Waals surface area contributed by atoms with E-state index in [1.807, 2.05) is 17.0 Å². The van der Waals surface area contributed by atoms with Crippen molar-refractivity contribution < 1.29 is 18.0 Å². The van der Waals surface area contributed by atoms with Crippen molar-refractivity contribution in [2.45, 2.75) is 50.7 Å². The summed E-state index contributed by atoms with van der Waals surface area (Å²) >= 11 is 0. The molecule has 4 rings (SSSR count). The number of aromatic nitrogens is 2. The number of piperidine rings is 1. The van der Waals surface area contributed by atoms with E-state index in [1.165, 1.54) is 0 Å². The average Bonchev–Trinajstić information content (AvgIpc) is 3.39. The van der Waals surface area contributed by atoms with Gasteiger partial charge in [-0.3, -0.25) is 4.79 Å². The maximum absolute atomic E-state index is 13.7. The summed E-state index contributed by atoms with van der Waals surface area (Å²) in [5, 5.41) is 11.8. The van der Waals surface area contributed by atoms with Gasteiger partial charge in [0.15, 0.2) is 0 Å². The molecule has 2 aliphatic heterocycles. The van der Waals surface area contributed by atoms with Crippen molar-refractivity contribution in [1.82, 2.24) is 15.3 Å². The van der Waals surface area contributed by atoms with Crippen LogP contribution in [0.5, 0.6) is 0 Å². The Balaban J connectivity index is 0.00000400. The highest BCUT2D eigenvalue weighted by molar-refractivity contribution is 5.86. The quantitative estimate of drug-likeness (QED) is 0.515. The number of hydrogen-bond donors (Lipinski definition) is 2. The highest BCUT2D eigenvalue weighted by Gasteiger charge is 2.38. The number of amides is 1. The van der Waals surface area contributed by atoms with Crippen LogP contribution < -0.4 is 20.9 Å². The van der Waals surface area contributed by atoms with E-state index in [-0.39, 0.29) is 29.9 Å². The lowest BCUT2D eigenvalue weighted by Crippen LogP contribution is -2.44. The van der Waals surface area contributed by atoms with Gasteiger partial charge in [0.1, 0.15) is 17.7 Å². The first kappa shape index (κ1) is 29.5. The van der Waals surface area contributed by atoms with Gasteiger partial charge in [-0.1, -0.05) is 12.1 Å². The third kappa shape index (κ3) is 7.26. The van der Waals surface area contributed by atoms with Crippen LogP contribution in [0.15, 0.2) is 30.3 Å². The number of carbonyl (C=O) groups excluding carboxylic acids is 1. The van der Waals surface area contributed by atoms with Crippen LogP contribution in [-0.4, -0.2) is 54.6 Å². The molecular formula is C26H33ClF3N7O. The van der Waals surface area contributed by atoms with Gasteiger partial charge in [-0.2, -0.15) is 18.4 Å². The van der Waals surface area contributed by atoms with Crippen molar-refractivity contribution in [2.24, 2.45) is 11.7 Å². The molecule has 38 heavy (non-hydrogen) atoms. The van der Waals surface area contributed by atoms with Crippen LogP contribution in [0.3, 0.4) is 0 Å². The Morgan fingerprint density at radius 3 is 2.42 bits per heavy atom. The minimum atomic E-state index is -4.69. The second kappa shape index (κ2) is 13.1. The standard InChI is InChI=1S/C26H32F3N7O.ClH/c27-26(28,29)25-33-22(35-14-9-19(7-11-30)10-15-35)16-23(34-25)36-13-1-2-21(36)24(37)32-12-8-18-3-5-20(17-31)6-4-18;/h3-6,16,19,21H,1-2,7-15,30H2,(H,32,37);1H/t21-;/m0./s1. The molecule has 1 aromatic heterocycles. The Morgan fingerprint density at radius 2 is 1.79 bits per heavy atom. The second-order valence-electron chi connectivity index (χ2n) is 9.61. The van der Waals surface area contributed by atoms with Crippen molar-refractivity contribution in [3.8, 4) is 6.07 Å². The minimum Gasteiger partial charge on any atom is -0.356 e. The number of halogens is 4. The van der Waals surface area contributed by atoms with Gasteiger partial charge in [0.2, 0.25) is 11.7 Å². The van der Waals surface area contributed by atoms with Crippen molar-refractivity contribution >= 4 is 29.9 Å². The number of alkyl halides is 3. The Morgan fingerprint density at radius 1 is 1.11 bits per heavy atom. The fourth-order valence-electron chi connectivity index (χ4n) is 5.05. The molecule has 3 heterocycles. The topological polar surface area (TPSA) is 111 Å². The summed E-state index contributed by atoms with van der Waals surface area (Å²) in [4.78, 5) is 24.2. The number of nitrogens with one attached hydrogen (secondary N) is 1. The molecule has 0 saturated carbocycles. The lowest BCUT2D eigenvalue weighted by molar-refractivity contribution is -0.144. The zero-order valence-corrected chi connectivity index (χ0v) is 21.9. The van der Waals surface area contributed by atoms with Gasteiger partial charge in [-0.25, -0.2) is 9.97 Å². The van der Waals surface area contributed by atoms with Gasteiger partial charge in [-0.15, -0.1) is 12.4 Å². The lowest BCUT2D eigenvalue weighted by Gasteiger charge is -2.34. The maximum atomic E-state index is 13.7. The third-order valence-electron chi connectivity index (χ3n) is 7.11. The van der Waals surface area contributed by atoms with E-state index in [2.05, 4.69) is 21.4 Å². The fourth-order valence-corrected chi connectivity index (χ4v) is 5.05. The normalized spacial score (nSPS) is 18.1. The molecule has 2 aliphatic rings. The van der Waals surface area contributed by atoms with Gasteiger partial charge in [-0.05, 0) is 68.7 Å². The Kier molecular flexibility index (Phi) is 10.2. The summed E-state index contributed by atoms with van der Waals surface area (Å²) < 4.78 is 41.2. The van der Waals surface area contributed by atoms with E-state index >= 15 is 0 Å². The predicted molar refractivity (Wildman–Crippen MR) is 141 cm³/mol. The van der Waals surface area contributed by atoms with E-state index in [4.69, 9.17) is 11.0 Å². The number of nitrogens with two attached hydrogens (primary N) is 1. The Bertz CT molecular complexity index is 1120. The number of benzene rings is 1. The molecular weight excluding hydrogens is 519 g/mol. The molecule has 8 nitrogen and oxygen atoms in total. The van der Waals surface area contributed by atoms with E-state index in [0.29, 0.717) is 63.5 Å². The minimum absolute atomic E-state index is 0. The molecule has 0 spiro atoms. The Hall–Kier alpha value is -3.10. The molecule has 1 atom stereocenters. The third-order valence-corrected chi connectivity index (χ3v) is 7.11. The van der Waals surface area contributed by atoms with Crippen molar-refractivity contribution in [3.63, 3.8) is 0 Å². The van der Waals surface area contributed by atoms with Crippen LogP contribution in [0, 0.1) is 17.2 Å².